The minimum atomic E-state index is -0.994. The highest BCUT2D eigenvalue weighted by molar-refractivity contribution is 7.09. The summed E-state index contributed by atoms with van der Waals surface area (Å²) in [6.07, 6.45) is 8.25. The molecule has 0 radical (unpaired) electrons. The minimum Gasteiger partial charge on any atom is -0.351 e. The van der Waals surface area contributed by atoms with Crippen molar-refractivity contribution in [1.29, 1.82) is 0 Å². The van der Waals surface area contributed by atoms with Crippen LogP contribution in [0.25, 0.3) is 16.6 Å². The number of benzene rings is 1. The van der Waals surface area contributed by atoms with Crippen LogP contribution in [0, 0.1) is 0 Å². The molecule has 174 valence electrons. The van der Waals surface area contributed by atoms with Gasteiger partial charge in [-0.05, 0) is 49.4 Å². The molecule has 3 aromatic heterocycles. The lowest BCUT2D eigenvalue weighted by molar-refractivity contribution is -0.133. The molecule has 1 fully saturated rings. The van der Waals surface area contributed by atoms with E-state index < -0.39 is 5.54 Å². The molecule has 1 saturated carbocycles. The number of hydrogen-bond acceptors (Lipinski definition) is 3. The maximum Gasteiger partial charge on any atom is 0.273 e. The van der Waals surface area contributed by atoms with E-state index in [-0.39, 0.29) is 17.9 Å². The summed E-state index contributed by atoms with van der Waals surface area (Å²) in [5, 5.41) is 6.31. The molecule has 0 unspecified atom stereocenters. The quantitative estimate of drug-likeness (QED) is 0.446. The molecule has 1 aliphatic heterocycles. The fraction of sp³-hybridized carbons (Fsp3) is 0.333. The molecule has 34 heavy (non-hydrogen) atoms. The number of fused-ring (bicyclic) bond motifs is 3. The zero-order valence-corrected chi connectivity index (χ0v) is 20.1. The van der Waals surface area contributed by atoms with E-state index in [2.05, 4.69) is 16.0 Å². The summed E-state index contributed by atoms with van der Waals surface area (Å²) in [5.41, 5.74) is 1.50. The number of aromatic nitrogens is 2. The fourth-order valence-corrected chi connectivity index (χ4v) is 6.26. The maximum atomic E-state index is 14.3. The molecule has 0 spiro atoms. The van der Waals surface area contributed by atoms with Crippen LogP contribution in [0.5, 0.6) is 0 Å². The Hall–Kier alpha value is -3.32. The van der Waals surface area contributed by atoms with Gasteiger partial charge in [0.1, 0.15) is 11.2 Å². The van der Waals surface area contributed by atoms with Crippen molar-refractivity contribution in [2.24, 2.45) is 0 Å². The van der Waals surface area contributed by atoms with E-state index in [1.165, 1.54) is 0 Å². The Balaban J connectivity index is 1.52. The van der Waals surface area contributed by atoms with Crippen molar-refractivity contribution in [3.63, 3.8) is 0 Å². The standard InChI is InChI=1S/C27H28N4O2S/c1-27(26(33)28-19-9-2-3-10-19)18-30-22-13-5-4-12-21(22)23(29-14-6-7-15-29)24(30)25(32)31(27)17-20-11-8-16-34-20/h4-8,11-16,19H,2-3,9-10,17-18H2,1H3,(H,28,33)/t27-/m1/s1. The Morgan fingerprint density at radius 2 is 1.85 bits per heavy atom. The van der Waals surface area contributed by atoms with Crippen molar-refractivity contribution in [2.75, 3.05) is 0 Å². The van der Waals surface area contributed by atoms with Crippen LogP contribution in [-0.4, -0.2) is 37.4 Å². The number of thiophene rings is 1. The lowest BCUT2D eigenvalue weighted by Crippen LogP contribution is -2.64. The molecule has 6 nitrogen and oxygen atoms in total. The molecular formula is C27H28N4O2S. The summed E-state index contributed by atoms with van der Waals surface area (Å²) >= 11 is 1.61. The number of nitrogens with zero attached hydrogens (tertiary/aromatic N) is 3. The second kappa shape index (κ2) is 8.17. The monoisotopic (exact) mass is 472 g/mol. The molecular weight excluding hydrogens is 444 g/mol. The highest BCUT2D eigenvalue weighted by Crippen LogP contribution is 2.39. The number of carbonyl (C=O) groups is 2. The van der Waals surface area contributed by atoms with Gasteiger partial charge in [-0.2, -0.15) is 0 Å². The second-order valence-electron chi connectivity index (χ2n) is 9.59. The third-order valence-electron chi connectivity index (χ3n) is 7.39. The normalized spacial score (nSPS) is 20.7. The van der Waals surface area contributed by atoms with Crippen molar-refractivity contribution in [1.82, 2.24) is 19.4 Å². The number of para-hydroxylation sites is 1. The Bertz CT molecular complexity index is 1350. The minimum absolute atomic E-state index is 0.0600. The van der Waals surface area contributed by atoms with E-state index in [0.717, 1.165) is 47.2 Å². The zero-order valence-electron chi connectivity index (χ0n) is 19.2. The van der Waals surface area contributed by atoms with E-state index in [1.807, 2.05) is 71.7 Å². The summed E-state index contributed by atoms with van der Waals surface area (Å²) in [5.74, 6) is -0.168. The van der Waals surface area contributed by atoms with Gasteiger partial charge >= 0.3 is 0 Å². The number of hydrogen-bond donors (Lipinski definition) is 1. The van der Waals surface area contributed by atoms with E-state index in [0.29, 0.717) is 18.8 Å². The lowest BCUT2D eigenvalue weighted by Gasteiger charge is -2.44. The molecule has 7 heteroatoms. The highest BCUT2D eigenvalue weighted by Gasteiger charge is 2.49. The number of nitrogens with one attached hydrogen (secondary N) is 1. The van der Waals surface area contributed by atoms with E-state index in [1.54, 1.807) is 16.2 Å². The first-order valence-electron chi connectivity index (χ1n) is 12.0. The molecule has 2 aliphatic rings. The van der Waals surface area contributed by atoms with E-state index >= 15 is 0 Å². The van der Waals surface area contributed by atoms with Crippen molar-refractivity contribution >= 4 is 34.1 Å². The Morgan fingerprint density at radius 1 is 1.09 bits per heavy atom. The van der Waals surface area contributed by atoms with Crippen LogP contribution >= 0.6 is 11.3 Å². The summed E-state index contributed by atoms with van der Waals surface area (Å²) in [4.78, 5) is 31.0. The average Bonchev–Trinajstić information content (AvgIpc) is 3.64. The van der Waals surface area contributed by atoms with Crippen LogP contribution in [0.4, 0.5) is 0 Å². The first kappa shape index (κ1) is 21.2. The predicted octanol–water partition coefficient (Wildman–Crippen LogP) is 4.97. The summed E-state index contributed by atoms with van der Waals surface area (Å²) in [7, 11) is 0. The third-order valence-corrected chi connectivity index (χ3v) is 8.25. The van der Waals surface area contributed by atoms with Crippen LogP contribution in [0.15, 0.2) is 66.3 Å². The smallest absolute Gasteiger partial charge is 0.273 e. The largest absolute Gasteiger partial charge is 0.351 e. The Kier molecular flexibility index (Phi) is 5.10. The van der Waals surface area contributed by atoms with Gasteiger partial charge in [0, 0.05) is 28.7 Å². The predicted molar refractivity (Wildman–Crippen MR) is 134 cm³/mol. The van der Waals surface area contributed by atoms with Gasteiger partial charge in [0.2, 0.25) is 5.91 Å². The van der Waals surface area contributed by atoms with Gasteiger partial charge < -0.3 is 19.4 Å². The van der Waals surface area contributed by atoms with Gasteiger partial charge in [-0.3, -0.25) is 9.59 Å². The number of carbonyl (C=O) groups excluding carboxylic acids is 2. The topological polar surface area (TPSA) is 59.3 Å². The molecule has 2 amide bonds. The fourth-order valence-electron chi connectivity index (χ4n) is 5.57. The van der Waals surface area contributed by atoms with Crippen LogP contribution in [0.1, 0.15) is 48.0 Å². The van der Waals surface area contributed by atoms with Crippen molar-refractivity contribution in [3.8, 4) is 5.69 Å². The second-order valence-corrected chi connectivity index (χ2v) is 10.6. The molecule has 4 heterocycles. The Morgan fingerprint density at radius 3 is 2.59 bits per heavy atom. The molecule has 4 aromatic rings. The molecule has 0 bridgehead atoms. The zero-order chi connectivity index (χ0) is 23.3. The number of rotatable bonds is 5. The van der Waals surface area contributed by atoms with Crippen LogP contribution in [0.2, 0.25) is 0 Å². The molecule has 1 N–H and O–H groups in total. The van der Waals surface area contributed by atoms with Crippen LogP contribution < -0.4 is 5.32 Å². The summed E-state index contributed by atoms with van der Waals surface area (Å²) in [6.45, 7) is 2.76. The van der Waals surface area contributed by atoms with Crippen molar-refractivity contribution in [2.45, 2.75) is 57.3 Å². The van der Waals surface area contributed by atoms with Gasteiger partial charge in [-0.1, -0.05) is 37.1 Å². The Labute approximate surface area is 202 Å². The SMILES string of the molecule is C[C@]1(C(=O)NC2CCCC2)Cn2c(c(-n3cccc3)c3ccccc32)C(=O)N1Cc1cccs1. The van der Waals surface area contributed by atoms with Crippen molar-refractivity contribution in [3.05, 3.63) is 76.9 Å². The molecule has 0 saturated heterocycles. The summed E-state index contributed by atoms with van der Waals surface area (Å²) < 4.78 is 4.07. The first-order chi connectivity index (χ1) is 16.6. The molecule has 1 atom stereocenters. The summed E-state index contributed by atoms with van der Waals surface area (Å²) in [6, 6.07) is 16.3. The highest BCUT2D eigenvalue weighted by atomic mass is 32.1. The van der Waals surface area contributed by atoms with Gasteiger partial charge in [0.15, 0.2) is 0 Å². The number of amides is 2. The molecule has 6 rings (SSSR count). The molecule has 1 aromatic carbocycles. The first-order valence-corrected chi connectivity index (χ1v) is 12.8. The van der Waals surface area contributed by atoms with Gasteiger partial charge in [0.05, 0.1) is 24.3 Å². The van der Waals surface area contributed by atoms with E-state index in [9.17, 15) is 9.59 Å². The van der Waals surface area contributed by atoms with Crippen molar-refractivity contribution < 1.29 is 9.59 Å². The van der Waals surface area contributed by atoms with Gasteiger partial charge in [0.25, 0.3) is 5.91 Å². The van der Waals surface area contributed by atoms with E-state index in [4.69, 9.17) is 0 Å². The van der Waals surface area contributed by atoms with Crippen LogP contribution in [-0.2, 0) is 17.9 Å². The average molecular weight is 473 g/mol. The van der Waals surface area contributed by atoms with Gasteiger partial charge in [-0.25, -0.2) is 0 Å². The van der Waals surface area contributed by atoms with Crippen LogP contribution in [0.3, 0.4) is 0 Å². The maximum absolute atomic E-state index is 14.3. The third kappa shape index (κ3) is 3.29. The lowest BCUT2D eigenvalue weighted by atomic mass is 9.93. The molecule has 1 aliphatic carbocycles. The van der Waals surface area contributed by atoms with Gasteiger partial charge in [-0.15, -0.1) is 11.3 Å².